The number of rotatable bonds is 0. The van der Waals surface area contributed by atoms with E-state index in [-0.39, 0.29) is 5.82 Å². The summed E-state index contributed by atoms with van der Waals surface area (Å²) in [4.78, 5) is 4.70. The second-order valence-corrected chi connectivity index (χ2v) is 6.16. The number of hydrogen-bond acceptors (Lipinski definition) is 2. The summed E-state index contributed by atoms with van der Waals surface area (Å²) in [7, 11) is 0. The van der Waals surface area contributed by atoms with Crippen molar-refractivity contribution in [3.05, 3.63) is 46.9 Å². The van der Waals surface area contributed by atoms with Gasteiger partial charge in [-0.15, -0.1) is 0 Å². The molecule has 0 radical (unpaired) electrons. The number of pyridine rings is 1. The lowest BCUT2D eigenvalue weighted by molar-refractivity contribution is 0.433. The lowest BCUT2D eigenvalue weighted by Gasteiger charge is -2.35. The van der Waals surface area contributed by atoms with Crippen LogP contribution in [0.4, 0.5) is 10.1 Å². The van der Waals surface area contributed by atoms with Gasteiger partial charge in [0.15, 0.2) is 0 Å². The molecule has 4 rings (SSSR count). The minimum absolute atomic E-state index is 0.254. The van der Waals surface area contributed by atoms with Crippen molar-refractivity contribution in [3.63, 3.8) is 0 Å². The van der Waals surface area contributed by atoms with Gasteiger partial charge in [0.1, 0.15) is 5.82 Å². The van der Waals surface area contributed by atoms with Crippen LogP contribution < -0.4 is 5.73 Å². The first-order valence-corrected chi connectivity index (χ1v) is 7.16. The van der Waals surface area contributed by atoms with Crippen LogP contribution in [-0.2, 0) is 6.42 Å². The number of anilines is 1. The third kappa shape index (κ3) is 1.65. The molecule has 2 N–H and O–H groups in total. The van der Waals surface area contributed by atoms with E-state index < -0.39 is 0 Å². The van der Waals surface area contributed by atoms with Gasteiger partial charge in [0.2, 0.25) is 0 Å². The third-order valence-corrected chi connectivity index (χ3v) is 4.65. The highest BCUT2D eigenvalue weighted by Crippen LogP contribution is 2.46. The van der Waals surface area contributed by atoms with E-state index in [2.05, 4.69) is 13.0 Å². The predicted octanol–water partition coefficient (Wildman–Crippen LogP) is 3.95. The van der Waals surface area contributed by atoms with Crippen molar-refractivity contribution in [2.24, 2.45) is 5.92 Å². The van der Waals surface area contributed by atoms with Gasteiger partial charge in [-0.2, -0.15) is 0 Å². The topological polar surface area (TPSA) is 38.9 Å². The Kier molecular flexibility index (Phi) is 2.40. The molecule has 2 aliphatic carbocycles. The summed E-state index contributed by atoms with van der Waals surface area (Å²) in [6.45, 7) is 2.20. The van der Waals surface area contributed by atoms with E-state index in [1.54, 1.807) is 6.07 Å². The first-order chi connectivity index (χ1) is 9.61. The molecule has 0 aliphatic heterocycles. The normalized spacial score (nSPS) is 24.4. The Morgan fingerprint density at radius 2 is 2.15 bits per heavy atom. The van der Waals surface area contributed by atoms with Crippen molar-refractivity contribution < 1.29 is 4.39 Å². The number of halogens is 1. The van der Waals surface area contributed by atoms with Gasteiger partial charge in [0, 0.05) is 28.4 Å². The molecule has 2 aliphatic rings. The zero-order valence-corrected chi connectivity index (χ0v) is 11.5. The summed E-state index contributed by atoms with van der Waals surface area (Å²) in [5.41, 5.74) is 11.6. The van der Waals surface area contributed by atoms with Crippen LogP contribution in [0.5, 0.6) is 0 Å². The second kappa shape index (κ2) is 4.05. The zero-order valence-electron chi connectivity index (χ0n) is 11.5. The van der Waals surface area contributed by atoms with E-state index in [0.717, 1.165) is 29.6 Å². The Bertz CT molecular complexity index is 748. The summed E-state index contributed by atoms with van der Waals surface area (Å²) in [5, 5.41) is 0.885. The van der Waals surface area contributed by atoms with Crippen LogP contribution >= 0.6 is 0 Å². The van der Waals surface area contributed by atoms with Gasteiger partial charge in [0.05, 0.1) is 5.52 Å². The number of nitrogens with zero attached hydrogens (tertiary/aromatic N) is 1. The van der Waals surface area contributed by atoms with Gasteiger partial charge in [0.25, 0.3) is 0 Å². The Labute approximate surface area is 117 Å². The minimum atomic E-state index is -0.254. The SMILES string of the molecule is CC1=CC2Cc3nc4cc(F)ccc4c(N)c3C(C1)C2. The van der Waals surface area contributed by atoms with E-state index in [9.17, 15) is 4.39 Å². The highest BCUT2D eigenvalue weighted by Gasteiger charge is 2.32. The van der Waals surface area contributed by atoms with Crippen LogP contribution in [0, 0.1) is 11.7 Å². The highest BCUT2D eigenvalue weighted by molar-refractivity contribution is 5.92. The van der Waals surface area contributed by atoms with Gasteiger partial charge >= 0.3 is 0 Å². The average Bonchev–Trinajstić information content (AvgIpc) is 2.36. The summed E-state index contributed by atoms with van der Waals surface area (Å²) >= 11 is 0. The molecule has 2 aromatic rings. The maximum Gasteiger partial charge on any atom is 0.125 e. The molecular formula is C17H17FN2. The van der Waals surface area contributed by atoms with Crippen LogP contribution in [0.15, 0.2) is 29.8 Å². The van der Waals surface area contributed by atoms with Crippen LogP contribution in [-0.4, -0.2) is 4.98 Å². The average molecular weight is 268 g/mol. The third-order valence-electron chi connectivity index (χ3n) is 4.65. The fourth-order valence-corrected chi connectivity index (χ4v) is 3.93. The molecule has 0 amide bonds. The van der Waals surface area contributed by atoms with Crippen molar-refractivity contribution in [2.75, 3.05) is 5.73 Å². The lowest BCUT2D eigenvalue weighted by atomic mass is 9.71. The van der Waals surface area contributed by atoms with E-state index in [0.29, 0.717) is 17.4 Å². The van der Waals surface area contributed by atoms with E-state index in [4.69, 9.17) is 10.7 Å². The molecule has 2 bridgehead atoms. The molecule has 0 fully saturated rings. The van der Waals surface area contributed by atoms with Crippen LogP contribution in [0.25, 0.3) is 10.9 Å². The molecule has 2 nitrogen and oxygen atoms in total. The van der Waals surface area contributed by atoms with Crippen molar-refractivity contribution in [2.45, 2.75) is 32.1 Å². The van der Waals surface area contributed by atoms with E-state index in [1.807, 2.05) is 0 Å². The van der Waals surface area contributed by atoms with Crippen molar-refractivity contribution in [3.8, 4) is 0 Å². The molecule has 0 spiro atoms. The predicted molar refractivity (Wildman–Crippen MR) is 79.0 cm³/mol. The Hall–Kier alpha value is -1.90. The molecule has 102 valence electrons. The molecule has 0 saturated heterocycles. The number of allylic oxidation sites excluding steroid dienone is 2. The first-order valence-electron chi connectivity index (χ1n) is 7.16. The van der Waals surface area contributed by atoms with Crippen LogP contribution in [0.2, 0.25) is 0 Å². The van der Waals surface area contributed by atoms with E-state index in [1.165, 1.54) is 29.7 Å². The van der Waals surface area contributed by atoms with Crippen molar-refractivity contribution in [1.29, 1.82) is 0 Å². The molecule has 1 aromatic carbocycles. The van der Waals surface area contributed by atoms with Crippen LogP contribution in [0.1, 0.15) is 36.9 Å². The van der Waals surface area contributed by atoms with E-state index >= 15 is 0 Å². The van der Waals surface area contributed by atoms with Gasteiger partial charge < -0.3 is 5.73 Å². The van der Waals surface area contributed by atoms with Crippen LogP contribution in [0.3, 0.4) is 0 Å². The lowest BCUT2D eigenvalue weighted by Crippen LogP contribution is -2.24. The number of benzene rings is 1. The molecule has 2 atom stereocenters. The maximum atomic E-state index is 13.4. The Balaban J connectivity index is 1.97. The minimum Gasteiger partial charge on any atom is -0.398 e. The standard InChI is InChI=1S/C17H17FN2/c1-9-4-10-6-11(5-9)16-15(7-10)20-14-8-12(18)2-3-13(14)17(16)19/h2-4,8,10-11H,5-7H2,1H3,(H2,19,20). The van der Waals surface area contributed by atoms with Gasteiger partial charge in [-0.1, -0.05) is 11.6 Å². The maximum absolute atomic E-state index is 13.4. The molecule has 3 heteroatoms. The molecule has 20 heavy (non-hydrogen) atoms. The van der Waals surface area contributed by atoms with Gasteiger partial charge in [-0.05, 0) is 50.2 Å². The fraction of sp³-hybridized carbons (Fsp3) is 0.353. The number of aromatic nitrogens is 1. The number of nitrogen functional groups attached to an aromatic ring is 1. The highest BCUT2D eigenvalue weighted by atomic mass is 19.1. The summed E-state index contributed by atoms with van der Waals surface area (Å²) in [5.74, 6) is 0.797. The zero-order chi connectivity index (χ0) is 13.9. The smallest absolute Gasteiger partial charge is 0.125 e. The first kappa shape index (κ1) is 11.9. The summed E-state index contributed by atoms with van der Waals surface area (Å²) in [6, 6.07) is 4.70. The molecule has 2 unspecified atom stereocenters. The van der Waals surface area contributed by atoms with Gasteiger partial charge in [-0.25, -0.2) is 4.39 Å². The Morgan fingerprint density at radius 3 is 3.00 bits per heavy atom. The number of fused-ring (bicyclic) bond motifs is 5. The number of nitrogens with two attached hydrogens (primary N) is 1. The molecular weight excluding hydrogens is 251 g/mol. The molecule has 1 aromatic heterocycles. The summed E-state index contributed by atoms with van der Waals surface area (Å²) < 4.78 is 13.4. The van der Waals surface area contributed by atoms with Crippen molar-refractivity contribution >= 4 is 16.6 Å². The summed E-state index contributed by atoms with van der Waals surface area (Å²) in [6.07, 6.45) is 5.54. The fourth-order valence-electron chi connectivity index (χ4n) is 3.93. The largest absolute Gasteiger partial charge is 0.398 e. The Morgan fingerprint density at radius 1 is 1.30 bits per heavy atom. The quantitative estimate of drug-likeness (QED) is 0.735. The monoisotopic (exact) mass is 268 g/mol. The second-order valence-electron chi connectivity index (χ2n) is 6.16. The molecule has 0 saturated carbocycles. The van der Waals surface area contributed by atoms with Gasteiger partial charge in [-0.3, -0.25) is 4.98 Å². The number of hydrogen-bond donors (Lipinski definition) is 1. The molecule has 1 heterocycles. The van der Waals surface area contributed by atoms with Crippen molar-refractivity contribution in [1.82, 2.24) is 4.98 Å².